The van der Waals surface area contributed by atoms with E-state index in [2.05, 4.69) is 59.2 Å². The van der Waals surface area contributed by atoms with Crippen LogP contribution >= 0.6 is 0 Å². The Morgan fingerprint density at radius 3 is 2.47 bits per heavy atom. The maximum atomic E-state index is 5.52. The second-order valence-corrected chi connectivity index (χ2v) is 8.28. The molecule has 0 aliphatic carbocycles. The van der Waals surface area contributed by atoms with Gasteiger partial charge in [-0.05, 0) is 43.2 Å². The van der Waals surface area contributed by atoms with E-state index < -0.39 is 0 Å². The summed E-state index contributed by atoms with van der Waals surface area (Å²) in [7, 11) is 0. The van der Waals surface area contributed by atoms with E-state index in [1.807, 2.05) is 12.1 Å². The van der Waals surface area contributed by atoms with Crippen molar-refractivity contribution in [3.63, 3.8) is 0 Å². The number of aromatic nitrogens is 2. The Labute approximate surface area is 190 Å². The third-order valence-electron chi connectivity index (χ3n) is 5.90. The topological polar surface area (TPSA) is 60.6 Å². The van der Waals surface area contributed by atoms with Gasteiger partial charge >= 0.3 is 0 Å². The van der Waals surface area contributed by atoms with Crippen molar-refractivity contribution >= 4 is 5.69 Å². The molecule has 32 heavy (non-hydrogen) atoms. The molecule has 0 saturated carbocycles. The van der Waals surface area contributed by atoms with Crippen LogP contribution in [0, 0.1) is 0 Å². The Morgan fingerprint density at radius 2 is 1.66 bits per heavy atom. The number of aryl methyl sites for hydroxylation is 1. The summed E-state index contributed by atoms with van der Waals surface area (Å²) in [6.07, 6.45) is 8.46. The molecule has 1 aliphatic heterocycles. The number of rotatable bonds is 12. The average molecular weight is 436 g/mol. The van der Waals surface area contributed by atoms with Crippen molar-refractivity contribution in [2.75, 3.05) is 18.2 Å². The second kappa shape index (κ2) is 11.0. The van der Waals surface area contributed by atoms with Gasteiger partial charge in [0.25, 0.3) is 5.89 Å². The largest absolute Gasteiger partial charge is 0.454 e. The molecule has 3 aromatic rings. The maximum absolute atomic E-state index is 5.52. The van der Waals surface area contributed by atoms with Gasteiger partial charge in [0.1, 0.15) is 0 Å². The number of unbranched alkanes of at least 4 members (excludes halogenated alkanes) is 5. The number of nitrogens with zero attached hydrogens (tertiary/aromatic N) is 3. The highest BCUT2D eigenvalue weighted by Gasteiger charge is 2.16. The molecule has 0 spiro atoms. The molecule has 0 N–H and O–H groups in total. The molecule has 1 aromatic heterocycles. The predicted molar refractivity (Wildman–Crippen MR) is 126 cm³/mol. The molecule has 170 valence electrons. The summed E-state index contributed by atoms with van der Waals surface area (Å²) in [4.78, 5) is 6.90. The number of fused-ring (bicyclic) bond motifs is 1. The lowest BCUT2D eigenvalue weighted by Gasteiger charge is -2.23. The van der Waals surface area contributed by atoms with Gasteiger partial charge in [0.15, 0.2) is 17.3 Å². The molecule has 0 amide bonds. The van der Waals surface area contributed by atoms with E-state index in [1.54, 1.807) is 0 Å². The Kier molecular flexibility index (Phi) is 7.64. The number of ether oxygens (including phenoxy) is 2. The van der Waals surface area contributed by atoms with E-state index in [-0.39, 0.29) is 0 Å². The van der Waals surface area contributed by atoms with Gasteiger partial charge in [-0.3, -0.25) is 0 Å². The van der Waals surface area contributed by atoms with E-state index in [9.17, 15) is 0 Å². The van der Waals surface area contributed by atoms with Gasteiger partial charge in [-0.2, -0.15) is 4.98 Å². The van der Waals surface area contributed by atoms with Crippen molar-refractivity contribution in [3.05, 3.63) is 53.9 Å². The van der Waals surface area contributed by atoms with Gasteiger partial charge in [-0.25, -0.2) is 0 Å². The van der Waals surface area contributed by atoms with E-state index in [4.69, 9.17) is 14.0 Å². The quantitative estimate of drug-likeness (QED) is 0.307. The molecule has 6 nitrogen and oxygen atoms in total. The SMILES string of the molecule is CCCCCCCCc1noc(-c2ccc(CN(CC)c3ccc4c(c3)OCO4)cc2)n1. The van der Waals surface area contributed by atoms with E-state index in [1.165, 1.54) is 37.7 Å². The summed E-state index contributed by atoms with van der Waals surface area (Å²) in [5.41, 5.74) is 3.30. The Bertz CT molecular complexity index is 984. The molecule has 2 aromatic carbocycles. The van der Waals surface area contributed by atoms with E-state index in [0.29, 0.717) is 12.7 Å². The van der Waals surface area contributed by atoms with Gasteiger partial charge in [-0.15, -0.1) is 0 Å². The highest BCUT2D eigenvalue weighted by Crippen LogP contribution is 2.35. The van der Waals surface area contributed by atoms with Crippen molar-refractivity contribution in [1.82, 2.24) is 10.1 Å². The molecule has 0 saturated heterocycles. The number of anilines is 1. The van der Waals surface area contributed by atoms with Crippen LogP contribution in [0.25, 0.3) is 11.5 Å². The Hall–Kier alpha value is -3.02. The first-order valence-electron chi connectivity index (χ1n) is 11.8. The van der Waals surface area contributed by atoms with Crippen molar-refractivity contribution in [2.45, 2.75) is 65.3 Å². The molecule has 0 radical (unpaired) electrons. The fourth-order valence-corrected chi connectivity index (χ4v) is 3.98. The van der Waals surface area contributed by atoms with Crippen LogP contribution in [-0.2, 0) is 13.0 Å². The van der Waals surface area contributed by atoms with Gasteiger partial charge in [0.2, 0.25) is 6.79 Å². The molecular weight excluding hydrogens is 402 g/mol. The van der Waals surface area contributed by atoms with Crippen LogP contribution in [0.1, 0.15) is 63.8 Å². The zero-order valence-corrected chi connectivity index (χ0v) is 19.2. The van der Waals surface area contributed by atoms with E-state index >= 15 is 0 Å². The van der Waals surface area contributed by atoms with Crippen molar-refractivity contribution in [2.24, 2.45) is 0 Å². The van der Waals surface area contributed by atoms with Crippen LogP contribution in [0.2, 0.25) is 0 Å². The van der Waals surface area contributed by atoms with Gasteiger partial charge in [-0.1, -0.05) is 56.3 Å². The van der Waals surface area contributed by atoms with Gasteiger partial charge in [0, 0.05) is 36.8 Å². The lowest BCUT2D eigenvalue weighted by atomic mass is 10.1. The first-order valence-corrected chi connectivity index (χ1v) is 11.8. The fourth-order valence-electron chi connectivity index (χ4n) is 3.98. The van der Waals surface area contributed by atoms with Crippen LogP contribution in [0.3, 0.4) is 0 Å². The number of hydrogen-bond acceptors (Lipinski definition) is 6. The minimum absolute atomic E-state index is 0.294. The molecule has 0 fully saturated rings. The molecular formula is C26H33N3O3. The van der Waals surface area contributed by atoms with Crippen molar-refractivity contribution in [3.8, 4) is 23.0 Å². The van der Waals surface area contributed by atoms with Crippen LogP contribution in [0.15, 0.2) is 47.0 Å². The number of hydrogen-bond donors (Lipinski definition) is 0. The molecule has 2 heterocycles. The standard InChI is InChI=1S/C26H33N3O3/c1-3-5-6-7-8-9-10-25-27-26(32-28-25)21-13-11-20(12-14-21)18-29(4-2)22-15-16-23-24(17-22)31-19-30-23/h11-17H,3-10,18-19H2,1-2H3. The zero-order chi connectivity index (χ0) is 22.2. The minimum atomic E-state index is 0.294. The first kappa shape index (κ1) is 22.2. The minimum Gasteiger partial charge on any atom is -0.454 e. The van der Waals surface area contributed by atoms with Crippen molar-refractivity contribution in [1.29, 1.82) is 0 Å². The molecule has 4 rings (SSSR count). The summed E-state index contributed by atoms with van der Waals surface area (Å²) in [6, 6.07) is 14.5. The maximum Gasteiger partial charge on any atom is 0.257 e. The van der Waals surface area contributed by atoms with Crippen LogP contribution < -0.4 is 14.4 Å². The van der Waals surface area contributed by atoms with Crippen LogP contribution in [-0.4, -0.2) is 23.5 Å². The van der Waals surface area contributed by atoms with Crippen molar-refractivity contribution < 1.29 is 14.0 Å². The highest BCUT2D eigenvalue weighted by molar-refractivity contribution is 5.58. The third-order valence-corrected chi connectivity index (χ3v) is 5.90. The lowest BCUT2D eigenvalue weighted by molar-refractivity contribution is 0.174. The predicted octanol–water partition coefficient (Wildman–Crippen LogP) is 6.39. The average Bonchev–Trinajstić information content (AvgIpc) is 3.49. The lowest BCUT2D eigenvalue weighted by Crippen LogP contribution is -2.21. The van der Waals surface area contributed by atoms with E-state index in [0.717, 1.165) is 54.5 Å². The highest BCUT2D eigenvalue weighted by atomic mass is 16.7. The van der Waals surface area contributed by atoms with Gasteiger partial charge < -0.3 is 18.9 Å². The molecule has 0 atom stereocenters. The smallest absolute Gasteiger partial charge is 0.257 e. The summed E-state index contributed by atoms with van der Waals surface area (Å²) < 4.78 is 16.5. The number of benzene rings is 2. The van der Waals surface area contributed by atoms with Crippen LogP contribution in [0.4, 0.5) is 5.69 Å². The molecule has 6 heteroatoms. The Balaban J connectivity index is 1.32. The molecule has 1 aliphatic rings. The molecule has 0 unspecified atom stereocenters. The first-order chi connectivity index (χ1) is 15.8. The zero-order valence-electron chi connectivity index (χ0n) is 19.2. The fraction of sp³-hybridized carbons (Fsp3) is 0.462. The van der Waals surface area contributed by atoms with Gasteiger partial charge in [0.05, 0.1) is 0 Å². The van der Waals surface area contributed by atoms with Crippen LogP contribution in [0.5, 0.6) is 11.5 Å². The third kappa shape index (κ3) is 5.61. The molecule has 0 bridgehead atoms. The second-order valence-electron chi connectivity index (χ2n) is 8.28. The normalized spacial score (nSPS) is 12.3. The summed E-state index contributed by atoms with van der Waals surface area (Å²) in [5, 5.41) is 4.16. The summed E-state index contributed by atoms with van der Waals surface area (Å²) >= 11 is 0. The monoisotopic (exact) mass is 435 g/mol. The summed E-state index contributed by atoms with van der Waals surface area (Å²) in [5.74, 6) is 3.02. The summed E-state index contributed by atoms with van der Waals surface area (Å²) in [6.45, 7) is 6.40. The Morgan fingerprint density at radius 1 is 0.875 bits per heavy atom.